The van der Waals surface area contributed by atoms with Crippen molar-refractivity contribution in [3.63, 3.8) is 0 Å². The molecule has 0 saturated carbocycles. The molecule has 11 aromatic rings. The van der Waals surface area contributed by atoms with Crippen molar-refractivity contribution in [2.75, 3.05) is 4.90 Å². The Morgan fingerprint density at radius 1 is 0.262 bits per heavy atom. The fourth-order valence-electron chi connectivity index (χ4n) is 8.33. The molecule has 0 aliphatic heterocycles. The molecular weight excluding hydrogens is 759 g/mol. The first-order chi connectivity index (χ1) is 30.2. The number of rotatable bonds is 9. The van der Waals surface area contributed by atoms with Crippen molar-refractivity contribution in [2.24, 2.45) is 0 Å². The number of benzene rings is 9. The van der Waals surface area contributed by atoms with E-state index in [1.165, 1.54) is 65.4 Å². The number of anilines is 3. The van der Waals surface area contributed by atoms with Gasteiger partial charge in [-0.1, -0.05) is 164 Å². The van der Waals surface area contributed by atoms with E-state index in [2.05, 4.69) is 229 Å². The largest absolute Gasteiger partial charge is 0.456 e. The van der Waals surface area contributed by atoms with Crippen LogP contribution in [-0.4, -0.2) is 0 Å². The highest BCUT2D eigenvalue weighted by Crippen LogP contribution is 2.41. The number of nitrogens with zero attached hydrogens (tertiary/aromatic N) is 1. The normalized spacial score (nSPS) is 11.3. The number of para-hydroxylation sites is 1. The van der Waals surface area contributed by atoms with Crippen LogP contribution in [0.3, 0.4) is 0 Å². The fourth-order valence-corrected chi connectivity index (χ4v) is 9.33. The van der Waals surface area contributed by atoms with Gasteiger partial charge in [-0.2, -0.15) is 0 Å². The van der Waals surface area contributed by atoms with Gasteiger partial charge in [-0.3, -0.25) is 0 Å². The van der Waals surface area contributed by atoms with Crippen LogP contribution in [0, 0.1) is 0 Å². The summed E-state index contributed by atoms with van der Waals surface area (Å²) in [6, 6.07) is 84.8. The number of furan rings is 1. The molecule has 2 heterocycles. The molecule has 2 nitrogen and oxygen atoms in total. The summed E-state index contributed by atoms with van der Waals surface area (Å²) in [6.45, 7) is 0. The topological polar surface area (TPSA) is 16.4 Å². The molecule has 2 aromatic heterocycles. The fraction of sp³-hybridized carbons (Fsp3) is 0. The zero-order valence-corrected chi connectivity index (χ0v) is 34.1. The summed E-state index contributed by atoms with van der Waals surface area (Å²) in [5.74, 6) is 0. The summed E-state index contributed by atoms with van der Waals surface area (Å²) in [7, 11) is 0. The molecular formula is C58H39NOS. The lowest BCUT2D eigenvalue weighted by molar-refractivity contribution is 0.669. The zero-order valence-electron chi connectivity index (χ0n) is 33.3. The van der Waals surface area contributed by atoms with Crippen LogP contribution in [0.25, 0.3) is 87.3 Å². The Labute approximate surface area is 359 Å². The first kappa shape index (κ1) is 36.4. The Balaban J connectivity index is 0.898. The van der Waals surface area contributed by atoms with Gasteiger partial charge in [-0.15, -0.1) is 11.3 Å². The van der Waals surface area contributed by atoms with Crippen molar-refractivity contribution in [3.8, 4) is 65.4 Å². The molecule has 3 heteroatoms. The highest BCUT2D eigenvalue weighted by Gasteiger charge is 2.16. The van der Waals surface area contributed by atoms with E-state index in [9.17, 15) is 0 Å². The van der Waals surface area contributed by atoms with Crippen LogP contribution in [0.4, 0.5) is 17.1 Å². The minimum Gasteiger partial charge on any atom is -0.456 e. The molecule has 288 valence electrons. The van der Waals surface area contributed by atoms with Crippen LogP contribution in [-0.2, 0) is 0 Å². The number of hydrogen-bond acceptors (Lipinski definition) is 3. The predicted molar refractivity (Wildman–Crippen MR) is 259 cm³/mol. The zero-order chi connectivity index (χ0) is 40.5. The lowest BCUT2D eigenvalue weighted by Gasteiger charge is -2.26. The highest BCUT2D eigenvalue weighted by atomic mass is 32.1. The molecule has 9 aromatic carbocycles. The van der Waals surface area contributed by atoms with Crippen molar-refractivity contribution < 1.29 is 4.42 Å². The quantitative estimate of drug-likeness (QED) is 0.145. The second kappa shape index (κ2) is 15.8. The highest BCUT2D eigenvalue weighted by molar-refractivity contribution is 7.18. The van der Waals surface area contributed by atoms with E-state index in [1.54, 1.807) is 0 Å². The average molecular weight is 798 g/mol. The van der Waals surface area contributed by atoms with E-state index in [0.717, 1.165) is 39.0 Å². The van der Waals surface area contributed by atoms with Crippen molar-refractivity contribution in [1.82, 2.24) is 0 Å². The molecule has 0 spiro atoms. The summed E-state index contributed by atoms with van der Waals surface area (Å²) in [6.07, 6.45) is 0. The van der Waals surface area contributed by atoms with Crippen molar-refractivity contribution in [1.29, 1.82) is 0 Å². The first-order valence-corrected chi connectivity index (χ1v) is 21.5. The third-order valence-electron chi connectivity index (χ3n) is 11.6. The van der Waals surface area contributed by atoms with Crippen LogP contribution in [0.1, 0.15) is 0 Å². The van der Waals surface area contributed by atoms with Crippen LogP contribution in [0.5, 0.6) is 0 Å². The van der Waals surface area contributed by atoms with Gasteiger partial charge in [0.15, 0.2) is 0 Å². The minimum atomic E-state index is 0.918. The second-order valence-corrected chi connectivity index (χ2v) is 16.4. The molecule has 0 atom stereocenters. The molecule has 0 saturated heterocycles. The number of thiophene rings is 1. The van der Waals surface area contributed by atoms with Gasteiger partial charge in [0.1, 0.15) is 11.2 Å². The summed E-state index contributed by atoms with van der Waals surface area (Å²) in [4.78, 5) is 4.81. The average Bonchev–Trinajstić information content (AvgIpc) is 3.99. The van der Waals surface area contributed by atoms with E-state index >= 15 is 0 Å². The van der Waals surface area contributed by atoms with Crippen LogP contribution < -0.4 is 4.90 Å². The summed E-state index contributed by atoms with van der Waals surface area (Å²) >= 11 is 1.82. The van der Waals surface area contributed by atoms with E-state index in [0.29, 0.717) is 0 Å². The van der Waals surface area contributed by atoms with Crippen LogP contribution in [0.15, 0.2) is 241 Å². The molecule has 0 aliphatic carbocycles. The maximum atomic E-state index is 6.10. The van der Waals surface area contributed by atoms with E-state index in [1.807, 2.05) is 23.5 Å². The van der Waals surface area contributed by atoms with E-state index < -0.39 is 0 Å². The third kappa shape index (κ3) is 7.22. The lowest BCUT2D eigenvalue weighted by Crippen LogP contribution is -2.09. The van der Waals surface area contributed by atoms with E-state index in [4.69, 9.17) is 4.42 Å². The lowest BCUT2D eigenvalue weighted by atomic mass is 9.99. The van der Waals surface area contributed by atoms with E-state index in [-0.39, 0.29) is 0 Å². The Hall–Kier alpha value is -7.72. The summed E-state index contributed by atoms with van der Waals surface area (Å²) in [5.41, 5.74) is 17.1. The van der Waals surface area contributed by atoms with Gasteiger partial charge >= 0.3 is 0 Å². The molecule has 0 bridgehead atoms. The Morgan fingerprint density at radius 2 is 0.607 bits per heavy atom. The molecule has 0 amide bonds. The third-order valence-corrected chi connectivity index (χ3v) is 12.8. The number of fused-ring (bicyclic) bond motifs is 3. The smallest absolute Gasteiger partial charge is 0.135 e. The number of hydrogen-bond donors (Lipinski definition) is 0. The van der Waals surface area contributed by atoms with Gasteiger partial charge in [0, 0.05) is 37.6 Å². The molecule has 0 unspecified atom stereocenters. The van der Waals surface area contributed by atoms with Gasteiger partial charge in [0.25, 0.3) is 0 Å². The maximum Gasteiger partial charge on any atom is 0.135 e. The first-order valence-electron chi connectivity index (χ1n) is 20.6. The second-order valence-electron chi connectivity index (χ2n) is 15.3. The summed E-state index contributed by atoms with van der Waals surface area (Å²) in [5, 5.41) is 2.30. The van der Waals surface area contributed by atoms with Gasteiger partial charge in [0.2, 0.25) is 0 Å². The monoisotopic (exact) mass is 797 g/mol. The Morgan fingerprint density at radius 3 is 1.08 bits per heavy atom. The molecule has 0 N–H and O–H groups in total. The van der Waals surface area contributed by atoms with Crippen molar-refractivity contribution in [2.45, 2.75) is 0 Å². The molecule has 11 rings (SSSR count). The maximum absolute atomic E-state index is 6.10. The Kier molecular flexibility index (Phi) is 9.42. The van der Waals surface area contributed by atoms with Crippen LogP contribution >= 0.6 is 11.3 Å². The van der Waals surface area contributed by atoms with Crippen LogP contribution in [0.2, 0.25) is 0 Å². The molecule has 0 aliphatic rings. The van der Waals surface area contributed by atoms with Gasteiger partial charge in [0.05, 0.1) is 0 Å². The minimum absolute atomic E-state index is 0.918. The van der Waals surface area contributed by atoms with Crippen molar-refractivity contribution in [3.05, 3.63) is 237 Å². The SMILES string of the molecule is c1ccc(-c2ccc(-c3ccc(N(c4ccc(-c5ccc(-c6ccccc6)cc5)cc4)c4ccc(-c5ccc(-c6ccc7oc8ccccc8c7c6)s5)cc4)cc3)cc2)cc1. The molecule has 0 fully saturated rings. The van der Waals surface area contributed by atoms with Gasteiger partial charge < -0.3 is 9.32 Å². The summed E-state index contributed by atoms with van der Waals surface area (Å²) < 4.78 is 6.10. The molecule has 61 heavy (non-hydrogen) atoms. The molecule has 0 radical (unpaired) electrons. The van der Waals surface area contributed by atoms with Gasteiger partial charge in [-0.05, 0) is 128 Å². The Bertz CT molecular complexity index is 3110. The van der Waals surface area contributed by atoms with Crippen molar-refractivity contribution >= 4 is 50.3 Å². The van der Waals surface area contributed by atoms with Gasteiger partial charge in [-0.25, -0.2) is 0 Å². The predicted octanol–water partition coefficient (Wildman–Crippen LogP) is 17.1. The standard InChI is InChI=1S/C58H39NOS/c1-3-9-40(10-4-1)42-15-19-44(20-16-42)46-23-30-50(31-24-46)59(51-32-25-47(26-33-51)45-21-17-43(18-22-45)41-11-5-2-6-12-41)52-34-27-48(28-35-52)57-37-38-58(61-57)49-29-36-56-54(39-49)53-13-7-8-14-55(53)60-56/h1-39H.